The third kappa shape index (κ3) is 34.4. The summed E-state index contributed by atoms with van der Waals surface area (Å²) in [5.41, 5.74) is 0. The van der Waals surface area contributed by atoms with Crippen molar-refractivity contribution in [3.05, 3.63) is 122 Å². The zero-order valence-electron chi connectivity index (χ0n) is 48.3. The lowest BCUT2D eigenvalue weighted by molar-refractivity contribution is -0.359. The van der Waals surface area contributed by atoms with Crippen LogP contribution in [0.5, 0.6) is 0 Å². The summed E-state index contributed by atoms with van der Waals surface area (Å²) in [5, 5.41) is 86.7. The average molecular weight is 1110 g/mol. The molecule has 14 heteroatoms. The molecule has 0 saturated carbocycles. The van der Waals surface area contributed by atoms with Crippen molar-refractivity contribution in [1.82, 2.24) is 5.32 Å². The summed E-state index contributed by atoms with van der Waals surface area (Å²) in [4.78, 5) is 13.2. The molecule has 0 aliphatic carbocycles. The van der Waals surface area contributed by atoms with Crippen LogP contribution in [-0.2, 0) is 23.7 Å². The van der Waals surface area contributed by atoms with E-state index >= 15 is 0 Å². The quantitative estimate of drug-likeness (QED) is 0.0204. The number of unbranched alkanes of at least 4 members (excludes halogenated alkanes) is 13. The van der Waals surface area contributed by atoms with Gasteiger partial charge in [0.2, 0.25) is 5.91 Å². The Morgan fingerprint density at radius 3 is 1.34 bits per heavy atom. The molecule has 0 aromatic carbocycles. The van der Waals surface area contributed by atoms with Crippen LogP contribution in [0.3, 0.4) is 0 Å². The number of allylic oxidation sites excluding steroid dienone is 20. The van der Waals surface area contributed by atoms with E-state index in [1.807, 2.05) is 0 Å². The zero-order valence-corrected chi connectivity index (χ0v) is 48.3. The van der Waals surface area contributed by atoms with Crippen LogP contribution in [0.15, 0.2) is 122 Å². The maximum absolute atomic E-state index is 13.2. The van der Waals surface area contributed by atoms with Gasteiger partial charge in [0.25, 0.3) is 0 Å². The fraction of sp³-hybridized carbons (Fsp3) is 0.677. The van der Waals surface area contributed by atoms with Gasteiger partial charge in [-0.15, -0.1) is 0 Å². The molecule has 2 aliphatic heterocycles. The molecule has 0 aromatic heterocycles. The SMILES string of the molecule is CC/C=C\C/C=C\C/C=C\C/C=C\C/C=C\C/C=C\C/C=C\C/C=C\C/C=C\C/C=C\CCCCCCCCCCC(=O)NC(COC1OC(CO)C(OC2OC(CO)C(O)C(O)C2O)C(O)C1O)C(O)CCCCCCCC. The molecule has 0 spiro atoms. The second-order valence-electron chi connectivity index (χ2n) is 20.7. The lowest BCUT2D eigenvalue weighted by atomic mass is 9.97. The fourth-order valence-electron chi connectivity index (χ4n) is 9.09. The number of rotatable bonds is 46. The van der Waals surface area contributed by atoms with Crippen LogP contribution in [-0.4, -0.2) is 140 Å². The average Bonchev–Trinajstić information content (AvgIpc) is 3.47. The highest BCUT2D eigenvalue weighted by atomic mass is 16.7. The Kier molecular flexibility index (Phi) is 44.4. The van der Waals surface area contributed by atoms with Gasteiger partial charge in [-0.25, -0.2) is 0 Å². The standard InChI is InChI=1S/C65H107NO13/c1-3-5-7-9-11-12-13-14-15-16-17-18-19-20-21-22-23-24-25-26-27-28-29-30-31-32-33-34-35-36-37-38-39-40-41-42-43-45-47-49-57(70)66-53(54(69)48-46-44-10-8-6-4-2)52-76-64-62(75)60(73)63(56(51-68)78-64)79-65-61(74)59(72)58(71)55(50-67)77-65/h5,7,11-12,14-15,17-18,20-21,23-24,26-27,29-30,32-33,35-36,53-56,58-65,67-69,71-75H,3-4,6,8-10,13,16,19,22,25,28,31,34,37-52H2,1-2H3,(H,66,70)/b7-5-,12-11-,15-14-,18-17-,21-20-,24-23-,27-26-,30-29-,33-32-,36-35-. The minimum Gasteiger partial charge on any atom is -0.394 e. The van der Waals surface area contributed by atoms with Crippen molar-refractivity contribution in [2.75, 3.05) is 19.8 Å². The molecule has 12 unspecified atom stereocenters. The van der Waals surface area contributed by atoms with Crippen LogP contribution in [0, 0.1) is 0 Å². The van der Waals surface area contributed by atoms with Crippen molar-refractivity contribution in [3.63, 3.8) is 0 Å². The van der Waals surface area contributed by atoms with Gasteiger partial charge >= 0.3 is 0 Å². The number of ether oxygens (including phenoxy) is 4. The Hall–Kier alpha value is -3.61. The molecule has 0 radical (unpaired) electrons. The molecule has 2 aliphatic rings. The minimum absolute atomic E-state index is 0.227. The first-order valence-electron chi connectivity index (χ1n) is 30.3. The second-order valence-corrected chi connectivity index (χ2v) is 20.7. The van der Waals surface area contributed by atoms with E-state index in [0.29, 0.717) is 12.8 Å². The smallest absolute Gasteiger partial charge is 0.220 e. The van der Waals surface area contributed by atoms with Gasteiger partial charge in [-0.2, -0.15) is 0 Å². The number of aliphatic hydroxyl groups excluding tert-OH is 8. The van der Waals surface area contributed by atoms with E-state index in [9.17, 15) is 45.6 Å². The first kappa shape index (κ1) is 71.5. The number of carbonyl (C=O) groups excluding carboxylic acids is 1. The largest absolute Gasteiger partial charge is 0.394 e. The highest BCUT2D eigenvalue weighted by Crippen LogP contribution is 2.30. The number of amides is 1. The van der Waals surface area contributed by atoms with Crippen LogP contribution in [0.25, 0.3) is 0 Å². The Balaban J connectivity index is 1.56. The van der Waals surface area contributed by atoms with Gasteiger partial charge < -0.3 is 65.1 Å². The predicted octanol–water partition coefficient (Wildman–Crippen LogP) is 10.6. The van der Waals surface area contributed by atoms with E-state index in [4.69, 9.17) is 18.9 Å². The molecule has 0 bridgehead atoms. The summed E-state index contributed by atoms with van der Waals surface area (Å²) in [7, 11) is 0. The number of hydrogen-bond donors (Lipinski definition) is 9. The first-order valence-corrected chi connectivity index (χ1v) is 30.3. The first-order chi connectivity index (χ1) is 38.6. The molecule has 2 fully saturated rings. The summed E-state index contributed by atoms with van der Waals surface area (Å²) in [5.74, 6) is -0.227. The van der Waals surface area contributed by atoms with E-state index in [2.05, 4.69) is 141 Å². The molecule has 14 nitrogen and oxygen atoms in total. The maximum Gasteiger partial charge on any atom is 0.220 e. The molecule has 450 valence electrons. The van der Waals surface area contributed by atoms with E-state index in [0.717, 1.165) is 135 Å². The fourth-order valence-corrected chi connectivity index (χ4v) is 9.09. The molecule has 2 rings (SSSR count). The van der Waals surface area contributed by atoms with Crippen LogP contribution in [0.1, 0.15) is 187 Å². The molecule has 79 heavy (non-hydrogen) atoms. The molecule has 1 amide bonds. The second kappa shape index (κ2) is 49.0. The molecule has 2 saturated heterocycles. The zero-order chi connectivity index (χ0) is 57.4. The van der Waals surface area contributed by atoms with Gasteiger partial charge in [-0.1, -0.05) is 212 Å². The van der Waals surface area contributed by atoms with Crippen molar-refractivity contribution in [2.45, 2.75) is 261 Å². The molecular weight excluding hydrogens is 1000 g/mol. The van der Waals surface area contributed by atoms with Gasteiger partial charge in [-0.3, -0.25) is 4.79 Å². The van der Waals surface area contributed by atoms with E-state index in [-0.39, 0.29) is 18.9 Å². The molecule has 0 aromatic rings. The van der Waals surface area contributed by atoms with E-state index < -0.39 is 86.8 Å². The van der Waals surface area contributed by atoms with Crippen molar-refractivity contribution < 1.29 is 64.6 Å². The Bertz CT molecular complexity index is 1790. The summed E-state index contributed by atoms with van der Waals surface area (Å²) in [6.45, 7) is 2.63. The maximum atomic E-state index is 13.2. The molecule has 2 heterocycles. The topological polar surface area (TPSA) is 228 Å². The third-order valence-electron chi connectivity index (χ3n) is 13.9. The van der Waals surface area contributed by atoms with Gasteiger partial charge in [-0.05, 0) is 89.9 Å². The monoisotopic (exact) mass is 1110 g/mol. The number of carbonyl (C=O) groups is 1. The summed E-state index contributed by atoms with van der Waals surface area (Å²) >= 11 is 0. The van der Waals surface area contributed by atoms with E-state index in [1.165, 1.54) is 19.3 Å². The normalized spacial score (nSPS) is 25.3. The van der Waals surface area contributed by atoms with Crippen LogP contribution in [0.2, 0.25) is 0 Å². The van der Waals surface area contributed by atoms with Crippen molar-refractivity contribution in [1.29, 1.82) is 0 Å². The highest BCUT2D eigenvalue weighted by Gasteiger charge is 2.51. The summed E-state index contributed by atoms with van der Waals surface area (Å²) < 4.78 is 22.7. The van der Waals surface area contributed by atoms with Crippen molar-refractivity contribution in [3.8, 4) is 0 Å². The highest BCUT2D eigenvalue weighted by molar-refractivity contribution is 5.76. The third-order valence-corrected chi connectivity index (χ3v) is 13.9. The van der Waals surface area contributed by atoms with Crippen LogP contribution < -0.4 is 5.32 Å². The van der Waals surface area contributed by atoms with Crippen molar-refractivity contribution in [2.24, 2.45) is 0 Å². The number of aliphatic hydroxyl groups is 8. The van der Waals surface area contributed by atoms with Crippen molar-refractivity contribution >= 4 is 5.91 Å². The lowest BCUT2D eigenvalue weighted by Gasteiger charge is -2.46. The van der Waals surface area contributed by atoms with Crippen LogP contribution in [0.4, 0.5) is 0 Å². The summed E-state index contributed by atoms with van der Waals surface area (Å²) in [6, 6.07) is -0.838. The van der Waals surface area contributed by atoms with Crippen LogP contribution >= 0.6 is 0 Å². The Morgan fingerprint density at radius 1 is 0.468 bits per heavy atom. The number of nitrogens with one attached hydrogen (secondary N) is 1. The van der Waals surface area contributed by atoms with Gasteiger partial charge in [0, 0.05) is 6.42 Å². The van der Waals surface area contributed by atoms with Gasteiger partial charge in [0.1, 0.15) is 48.8 Å². The predicted molar refractivity (Wildman–Crippen MR) is 318 cm³/mol. The Morgan fingerprint density at radius 2 is 0.873 bits per heavy atom. The number of hydrogen-bond acceptors (Lipinski definition) is 13. The minimum atomic E-state index is -1.79. The lowest BCUT2D eigenvalue weighted by Crippen LogP contribution is -2.65. The summed E-state index contributed by atoms with van der Waals surface area (Å²) in [6.07, 6.45) is 54.1. The molecular formula is C65H107NO13. The van der Waals surface area contributed by atoms with Gasteiger partial charge in [0.15, 0.2) is 12.6 Å². The van der Waals surface area contributed by atoms with E-state index in [1.54, 1.807) is 0 Å². The van der Waals surface area contributed by atoms with Gasteiger partial charge in [0.05, 0.1) is 32.0 Å². The molecule has 12 atom stereocenters. The molecule has 9 N–H and O–H groups in total. The Labute approximate surface area is 476 Å².